The number of halogens is 2. The summed E-state index contributed by atoms with van der Waals surface area (Å²) < 4.78 is 0. The van der Waals surface area contributed by atoms with Crippen LogP contribution >= 0.6 is 23.2 Å². The summed E-state index contributed by atoms with van der Waals surface area (Å²) in [6.45, 7) is 2.66. The van der Waals surface area contributed by atoms with Crippen LogP contribution in [0.1, 0.15) is 28.2 Å². The second-order valence-electron chi connectivity index (χ2n) is 4.99. The van der Waals surface area contributed by atoms with E-state index < -0.39 is 0 Å². The lowest BCUT2D eigenvalue weighted by Crippen LogP contribution is -2.32. The van der Waals surface area contributed by atoms with E-state index in [1.807, 2.05) is 13.0 Å². The number of nitrogens with zero attached hydrogens (tertiary/aromatic N) is 2. The Kier molecular flexibility index (Phi) is 5.83. The normalized spacial score (nSPS) is 10.7. The first kappa shape index (κ1) is 16.8. The molecule has 118 valence electrons. The number of benzene rings is 1. The maximum Gasteiger partial charge on any atom is 0.274 e. The van der Waals surface area contributed by atoms with Crippen molar-refractivity contribution in [1.82, 2.24) is 15.1 Å². The van der Waals surface area contributed by atoms with Gasteiger partial charge < -0.3 is 10.0 Å². The number of H-pyrrole nitrogens is 1. The van der Waals surface area contributed by atoms with Crippen molar-refractivity contribution in [3.05, 3.63) is 51.3 Å². The van der Waals surface area contributed by atoms with E-state index in [2.05, 4.69) is 10.2 Å². The molecule has 0 aliphatic heterocycles. The van der Waals surface area contributed by atoms with Crippen LogP contribution in [0.4, 0.5) is 0 Å². The Labute approximate surface area is 138 Å². The lowest BCUT2D eigenvalue weighted by molar-refractivity contribution is 0.0726. The Morgan fingerprint density at radius 3 is 2.68 bits per heavy atom. The molecular formula is C15H17Cl2N3O2. The van der Waals surface area contributed by atoms with Gasteiger partial charge in [-0.1, -0.05) is 29.3 Å². The Morgan fingerprint density at radius 1 is 1.32 bits per heavy atom. The molecule has 0 aliphatic carbocycles. The first-order valence-corrected chi connectivity index (χ1v) is 7.63. The van der Waals surface area contributed by atoms with Crippen molar-refractivity contribution >= 4 is 29.1 Å². The number of amides is 1. The summed E-state index contributed by atoms with van der Waals surface area (Å²) in [5, 5.41) is 16.7. The van der Waals surface area contributed by atoms with Crippen LogP contribution in [0.15, 0.2) is 24.3 Å². The Morgan fingerprint density at radius 2 is 2.09 bits per heavy atom. The number of carbonyl (C=O) groups is 1. The SMILES string of the molecule is Cc1cc(C(=O)N(CCCO)Cc2ccc(Cl)c(Cl)c2)n[nH]1. The van der Waals surface area contributed by atoms with Crippen LogP contribution in [0.3, 0.4) is 0 Å². The third-order valence-corrected chi connectivity index (χ3v) is 3.89. The highest BCUT2D eigenvalue weighted by Crippen LogP contribution is 2.23. The topological polar surface area (TPSA) is 69.2 Å². The van der Waals surface area contributed by atoms with Crippen molar-refractivity contribution in [2.75, 3.05) is 13.2 Å². The lowest BCUT2D eigenvalue weighted by atomic mass is 10.2. The molecule has 0 bridgehead atoms. The van der Waals surface area contributed by atoms with E-state index in [-0.39, 0.29) is 12.5 Å². The molecule has 0 saturated carbocycles. The molecule has 22 heavy (non-hydrogen) atoms. The van der Waals surface area contributed by atoms with Crippen LogP contribution < -0.4 is 0 Å². The molecule has 7 heteroatoms. The molecule has 5 nitrogen and oxygen atoms in total. The predicted octanol–water partition coefficient (Wildman–Crippen LogP) is 3.05. The number of aromatic amines is 1. The summed E-state index contributed by atoms with van der Waals surface area (Å²) in [6, 6.07) is 6.96. The van der Waals surface area contributed by atoms with Crippen LogP contribution in [0, 0.1) is 6.92 Å². The van der Waals surface area contributed by atoms with Gasteiger partial charge in [-0.25, -0.2) is 0 Å². The van der Waals surface area contributed by atoms with E-state index in [1.165, 1.54) is 0 Å². The molecule has 1 aromatic heterocycles. The van der Waals surface area contributed by atoms with Crippen molar-refractivity contribution in [3.63, 3.8) is 0 Å². The van der Waals surface area contributed by atoms with E-state index in [0.717, 1.165) is 11.3 Å². The van der Waals surface area contributed by atoms with Crippen molar-refractivity contribution in [1.29, 1.82) is 0 Å². The average Bonchev–Trinajstić information content (AvgIpc) is 2.93. The van der Waals surface area contributed by atoms with E-state index in [9.17, 15) is 4.79 Å². The van der Waals surface area contributed by atoms with Gasteiger partial charge in [-0.05, 0) is 37.1 Å². The summed E-state index contributed by atoms with van der Waals surface area (Å²) in [6.07, 6.45) is 0.496. The number of aryl methyl sites for hydroxylation is 1. The van der Waals surface area contributed by atoms with Gasteiger partial charge >= 0.3 is 0 Å². The summed E-state index contributed by atoms with van der Waals surface area (Å²) in [4.78, 5) is 14.2. The largest absolute Gasteiger partial charge is 0.396 e. The van der Waals surface area contributed by atoms with Gasteiger partial charge in [-0.2, -0.15) is 5.10 Å². The predicted molar refractivity (Wildman–Crippen MR) is 86.2 cm³/mol. The van der Waals surface area contributed by atoms with Gasteiger partial charge in [-0.3, -0.25) is 9.89 Å². The van der Waals surface area contributed by atoms with E-state index in [4.69, 9.17) is 28.3 Å². The van der Waals surface area contributed by atoms with Crippen molar-refractivity contribution < 1.29 is 9.90 Å². The summed E-state index contributed by atoms with van der Waals surface area (Å²) in [5.74, 6) is -0.191. The van der Waals surface area contributed by atoms with Crippen molar-refractivity contribution in [2.45, 2.75) is 19.9 Å². The number of aromatic nitrogens is 2. The summed E-state index contributed by atoms with van der Waals surface area (Å²) in [7, 11) is 0. The third-order valence-electron chi connectivity index (χ3n) is 3.16. The van der Waals surface area contributed by atoms with Gasteiger partial charge in [0, 0.05) is 25.4 Å². The molecular weight excluding hydrogens is 325 g/mol. The lowest BCUT2D eigenvalue weighted by Gasteiger charge is -2.21. The molecule has 0 radical (unpaired) electrons. The zero-order valence-electron chi connectivity index (χ0n) is 12.1. The number of rotatable bonds is 6. The number of aliphatic hydroxyl groups is 1. The molecule has 2 N–H and O–H groups in total. The van der Waals surface area contributed by atoms with E-state index in [1.54, 1.807) is 23.1 Å². The average molecular weight is 342 g/mol. The van der Waals surface area contributed by atoms with Gasteiger partial charge in [0.1, 0.15) is 5.69 Å². The van der Waals surface area contributed by atoms with Crippen LogP contribution in [0.5, 0.6) is 0 Å². The highest BCUT2D eigenvalue weighted by atomic mass is 35.5. The maximum atomic E-state index is 12.5. The highest BCUT2D eigenvalue weighted by Gasteiger charge is 2.18. The minimum Gasteiger partial charge on any atom is -0.396 e. The van der Waals surface area contributed by atoms with Gasteiger partial charge in [0.25, 0.3) is 5.91 Å². The van der Waals surface area contributed by atoms with E-state index >= 15 is 0 Å². The van der Waals surface area contributed by atoms with Crippen LogP contribution in [-0.4, -0.2) is 39.3 Å². The van der Waals surface area contributed by atoms with Crippen molar-refractivity contribution in [2.24, 2.45) is 0 Å². The van der Waals surface area contributed by atoms with Gasteiger partial charge in [0.05, 0.1) is 10.0 Å². The number of carbonyl (C=O) groups excluding carboxylic acids is 1. The molecule has 1 heterocycles. The first-order chi connectivity index (χ1) is 10.5. The third kappa shape index (κ3) is 4.22. The monoisotopic (exact) mass is 341 g/mol. The Bertz CT molecular complexity index is 658. The minimum atomic E-state index is -0.191. The second kappa shape index (κ2) is 7.63. The highest BCUT2D eigenvalue weighted by molar-refractivity contribution is 6.42. The molecule has 1 amide bonds. The molecule has 0 fully saturated rings. The Hall–Kier alpha value is -1.56. The molecule has 2 aromatic rings. The fourth-order valence-electron chi connectivity index (χ4n) is 2.06. The van der Waals surface area contributed by atoms with Crippen LogP contribution in [-0.2, 0) is 6.54 Å². The number of aliphatic hydroxyl groups excluding tert-OH is 1. The molecule has 1 aromatic carbocycles. The van der Waals surface area contributed by atoms with Crippen LogP contribution in [0.25, 0.3) is 0 Å². The number of hydrogen-bond donors (Lipinski definition) is 2. The molecule has 2 rings (SSSR count). The summed E-state index contributed by atoms with van der Waals surface area (Å²) in [5.41, 5.74) is 2.04. The zero-order chi connectivity index (χ0) is 16.1. The fraction of sp³-hybridized carbons (Fsp3) is 0.333. The first-order valence-electron chi connectivity index (χ1n) is 6.87. The molecule has 0 unspecified atom stereocenters. The quantitative estimate of drug-likeness (QED) is 0.848. The molecule has 0 aliphatic rings. The molecule has 0 atom stereocenters. The minimum absolute atomic E-state index is 0.0186. The fourth-order valence-corrected chi connectivity index (χ4v) is 2.38. The Balaban J connectivity index is 2.18. The standard InChI is InChI=1S/C15H17Cl2N3O2/c1-10-7-14(19-18-10)15(22)20(5-2-6-21)9-11-3-4-12(16)13(17)8-11/h3-4,7-8,21H,2,5-6,9H2,1H3,(H,18,19). The smallest absolute Gasteiger partial charge is 0.274 e. The summed E-state index contributed by atoms with van der Waals surface area (Å²) >= 11 is 11.9. The van der Waals surface area contributed by atoms with Gasteiger partial charge in [0.2, 0.25) is 0 Å². The number of nitrogens with one attached hydrogen (secondary N) is 1. The van der Waals surface area contributed by atoms with Gasteiger partial charge in [0.15, 0.2) is 0 Å². The maximum absolute atomic E-state index is 12.5. The van der Waals surface area contributed by atoms with Crippen molar-refractivity contribution in [3.8, 4) is 0 Å². The number of hydrogen-bond acceptors (Lipinski definition) is 3. The van der Waals surface area contributed by atoms with E-state index in [0.29, 0.717) is 35.2 Å². The zero-order valence-corrected chi connectivity index (χ0v) is 13.7. The van der Waals surface area contributed by atoms with Gasteiger partial charge in [-0.15, -0.1) is 0 Å². The van der Waals surface area contributed by atoms with Crippen LogP contribution in [0.2, 0.25) is 10.0 Å². The molecule has 0 spiro atoms. The second-order valence-corrected chi connectivity index (χ2v) is 5.80. The molecule has 0 saturated heterocycles.